The van der Waals surface area contributed by atoms with Gasteiger partial charge in [-0.15, -0.1) is 0 Å². The number of rotatable bonds is 10. The Morgan fingerprint density at radius 3 is 1.68 bits per heavy atom. The molecule has 0 radical (unpaired) electrons. The summed E-state index contributed by atoms with van der Waals surface area (Å²) in [6, 6.07) is 17.0. The van der Waals surface area contributed by atoms with E-state index in [1.165, 1.54) is 7.11 Å². The van der Waals surface area contributed by atoms with Crippen LogP contribution >= 0.6 is 0 Å². The van der Waals surface area contributed by atoms with Gasteiger partial charge in [0.05, 0.1) is 7.11 Å². The maximum atomic E-state index is 12.0. The third-order valence-electron chi connectivity index (χ3n) is 4.98. The van der Waals surface area contributed by atoms with Gasteiger partial charge in [0.1, 0.15) is 23.0 Å². The van der Waals surface area contributed by atoms with Gasteiger partial charge in [-0.1, -0.05) is 56.2 Å². The number of benzene rings is 3. The molecular weight excluding hydrogens is 472 g/mol. The molecule has 0 saturated carbocycles. The standard InChI is InChI=1S/C30H24O7/c1-5-28(31)35-23-14-9-20(10-15-23)8-11-22-18-27(37-30(33)7-3)25(19-26(22)34-4)21-12-16-24(17-13-21)36-29(32)6-2/h5-19H,1-3H2,4H3/b11-8+. The third-order valence-corrected chi connectivity index (χ3v) is 4.98. The molecule has 7 nitrogen and oxygen atoms in total. The van der Waals surface area contributed by atoms with Gasteiger partial charge in [-0.25, -0.2) is 14.4 Å². The van der Waals surface area contributed by atoms with E-state index < -0.39 is 17.9 Å². The van der Waals surface area contributed by atoms with Crippen molar-refractivity contribution in [2.45, 2.75) is 0 Å². The first-order chi connectivity index (χ1) is 17.9. The van der Waals surface area contributed by atoms with Crippen molar-refractivity contribution in [3.05, 3.63) is 110 Å². The quantitative estimate of drug-likeness (QED) is 0.152. The number of methoxy groups -OCH3 is 1. The fourth-order valence-corrected chi connectivity index (χ4v) is 3.19. The van der Waals surface area contributed by atoms with Crippen LogP contribution in [0.3, 0.4) is 0 Å². The number of carbonyl (C=O) groups excluding carboxylic acids is 3. The monoisotopic (exact) mass is 496 g/mol. The van der Waals surface area contributed by atoms with Crippen molar-refractivity contribution in [1.29, 1.82) is 0 Å². The van der Waals surface area contributed by atoms with Crippen molar-refractivity contribution < 1.29 is 33.3 Å². The minimum Gasteiger partial charge on any atom is -0.496 e. The van der Waals surface area contributed by atoms with Crippen molar-refractivity contribution in [2.24, 2.45) is 0 Å². The molecule has 0 unspecified atom stereocenters. The largest absolute Gasteiger partial charge is 0.496 e. The van der Waals surface area contributed by atoms with Crippen LogP contribution in [0.5, 0.6) is 23.0 Å². The lowest BCUT2D eigenvalue weighted by Gasteiger charge is -2.14. The first kappa shape index (κ1) is 26.4. The van der Waals surface area contributed by atoms with E-state index in [1.54, 1.807) is 66.7 Å². The molecule has 0 spiro atoms. The zero-order valence-corrected chi connectivity index (χ0v) is 20.1. The molecule has 0 aromatic heterocycles. The van der Waals surface area contributed by atoms with Crippen LogP contribution in [0.15, 0.2) is 98.6 Å². The van der Waals surface area contributed by atoms with Gasteiger partial charge in [-0.05, 0) is 47.5 Å². The highest BCUT2D eigenvalue weighted by Gasteiger charge is 2.15. The Morgan fingerprint density at radius 2 is 1.16 bits per heavy atom. The molecule has 0 N–H and O–H groups in total. The van der Waals surface area contributed by atoms with Gasteiger partial charge in [0.2, 0.25) is 0 Å². The molecule has 0 saturated heterocycles. The second-order valence-corrected chi connectivity index (χ2v) is 7.39. The summed E-state index contributed by atoms with van der Waals surface area (Å²) in [5.74, 6) is -0.178. The topological polar surface area (TPSA) is 88.1 Å². The fourth-order valence-electron chi connectivity index (χ4n) is 3.19. The van der Waals surface area contributed by atoms with Gasteiger partial charge < -0.3 is 18.9 Å². The minimum absolute atomic E-state index is 0.285. The molecule has 0 atom stereocenters. The summed E-state index contributed by atoms with van der Waals surface area (Å²) in [5, 5.41) is 0. The molecule has 186 valence electrons. The van der Waals surface area contributed by atoms with Gasteiger partial charge in [0.25, 0.3) is 0 Å². The Hall–Kier alpha value is -5.17. The Kier molecular flexibility index (Phi) is 8.94. The highest BCUT2D eigenvalue weighted by molar-refractivity contribution is 5.88. The predicted octanol–water partition coefficient (Wildman–Crippen LogP) is 5.81. The number of esters is 3. The van der Waals surface area contributed by atoms with E-state index in [2.05, 4.69) is 19.7 Å². The first-order valence-corrected chi connectivity index (χ1v) is 11.0. The lowest BCUT2D eigenvalue weighted by atomic mass is 10.0. The van der Waals surface area contributed by atoms with Crippen LogP contribution in [0.2, 0.25) is 0 Å². The van der Waals surface area contributed by atoms with Crippen LogP contribution < -0.4 is 18.9 Å². The average Bonchev–Trinajstić information content (AvgIpc) is 2.92. The van der Waals surface area contributed by atoms with Crippen molar-refractivity contribution in [3.63, 3.8) is 0 Å². The van der Waals surface area contributed by atoms with Gasteiger partial charge in [-0.2, -0.15) is 0 Å². The number of carbonyl (C=O) groups is 3. The Bertz CT molecular complexity index is 1360. The molecule has 3 rings (SSSR count). The maximum absolute atomic E-state index is 12.0. The maximum Gasteiger partial charge on any atom is 0.335 e. The molecule has 0 heterocycles. The van der Waals surface area contributed by atoms with E-state index in [0.29, 0.717) is 33.9 Å². The smallest absolute Gasteiger partial charge is 0.335 e. The van der Waals surface area contributed by atoms with E-state index in [0.717, 1.165) is 23.8 Å². The molecule has 0 aliphatic rings. The molecule has 0 aliphatic carbocycles. The zero-order valence-electron chi connectivity index (χ0n) is 20.1. The second kappa shape index (κ2) is 12.5. The summed E-state index contributed by atoms with van der Waals surface area (Å²) in [6.45, 7) is 10.2. The van der Waals surface area contributed by atoms with Crippen LogP contribution in [0, 0.1) is 0 Å². The van der Waals surface area contributed by atoms with Crippen molar-refractivity contribution in [2.75, 3.05) is 7.11 Å². The summed E-state index contributed by atoms with van der Waals surface area (Å²) in [4.78, 5) is 34.8. The average molecular weight is 497 g/mol. The minimum atomic E-state index is -0.623. The van der Waals surface area contributed by atoms with Crippen LogP contribution in [0.4, 0.5) is 0 Å². The predicted molar refractivity (Wildman–Crippen MR) is 141 cm³/mol. The summed E-state index contributed by atoms with van der Waals surface area (Å²) in [5.41, 5.74) is 2.76. The summed E-state index contributed by atoms with van der Waals surface area (Å²) >= 11 is 0. The molecule has 0 aliphatic heterocycles. The number of hydrogen-bond donors (Lipinski definition) is 0. The summed E-state index contributed by atoms with van der Waals surface area (Å²) in [7, 11) is 1.53. The molecule has 3 aromatic rings. The Labute approximate surface area is 214 Å². The van der Waals surface area contributed by atoms with E-state index >= 15 is 0 Å². The van der Waals surface area contributed by atoms with E-state index in [-0.39, 0.29) is 5.75 Å². The van der Waals surface area contributed by atoms with Crippen LogP contribution in [-0.4, -0.2) is 25.0 Å². The molecule has 37 heavy (non-hydrogen) atoms. The molecule has 0 fully saturated rings. The lowest BCUT2D eigenvalue weighted by Crippen LogP contribution is -2.05. The highest BCUT2D eigenvalue weighted by Crippen LogP contribution is 2.38. The van der Waals surface area contributed by atoms with Crippen molar-refractivity contribution in [3.8, 4) is 34.1 Å². The molecule has 0 amide bonds. The molecule has 7 heteroatoms. The lowest BCUT2D eigenvalue weighted by molar-refractivity contribution is -0.129. The van der Waals surface area contributed by atoms with Gasteiger partial charge in [0, 0.05) is 29.4 Å². The fraction of sp³-hybridized carbons (Fsp3) is 0.0333. The number of hydrogen-bond acceptors (Lipinski definition) is 7. The molecule has 0 bridgehead atoms. The highest BCUT2D eigenvalue weighted by atomic mass is 16.5. The van der Waals surface area contributed by atoms with E-state index in [1.807, 2.05) is 6.08 Å². The Balaban J connectivity index is 1.96. The summed E-state index contributed by atoms with van der Waals surface area (Å²) < 4.78 is 21.3. The molecular formula is C30H24O7. The normalized spacial score (nSPS) is 10.3. The van der Waals surface area contributed by atoms with E-state index in [4.69, 9.17) is 18.9 Å². The third kappa shape index (κ3) is 7.16. The van der Waals surface area contributed by atoms with Crippen molar-refractivity contribution >= 4 is 30.1 Å². The molecule has 3 aromatic carbocycles. The SMILES string of the molecule is C=CC(=O)Oc1ccc(/C=C/c2cc(OC(=O)C=C)c(-c3ccc(OC(=O)C=C)cc3)cc2OC)cc1. The number of ether oxygens (including phenoxy) is 4. The van der Waals surface area contributed by atoms with Gasteiger partial charge in [-0.3, -0.25) is 0 Å². The van der Waals surface area contributed by atoms with Crippen LogP contribution in [0.1, 0.15) is 11.1 Å². The van der Waals surface area contributed by atoms with E-state index in [9.17, 15) is 14.4 Å². The van der Waals surface area contributed by atoms with Crippen molar-refractivity contribution in [1.82, 2.24) is 0 Å². The van der Waals surface area contributed by atoms with Crippen LogP contribution in [-0.2, 0) is 14.4 Å². The van der Waals surface area contributed by atoms with Gasteiger partial charge >= 0.3 is 17.9 Å². The Morgan fingerprint density at radius 1 is 0.649 bits per heavy atom. The zero-order chi connectivity index (χ0) is 26.8. The first-order valence-electron chi connectivity index (χ1n) is 11.0. The summed E-state index contributed by atoms with van der Waals surface area (Å²) in [6.07, 6.45) is 6.87. The van der Waals surface area contributed by atoms with Gasteiger partial charge in [0.15, 0.2) is 0 Å². The van der Waals surface area contributed by atoms with Crippen LogP contribution in [0.25, 0.3) is 23.3 Å². The second-order valence-electron chi connectivity index (χ2n) is 7.39.